The van der Waals surface area contributed by atoms with Gasteiger partial charge in [0.2, 0.25) is 11.9 Å². The van der Waals surface area contributed by atoms with Crippen molar-refractivity contribution in [2.75, 3.05) is 5.32 Å². The number of imidazole rings is 1. The predicted molar refractivity (Wildman–Crippen MR) is 89.6 cm³/mol. The largest absolute Gasteiger partial charge is 0.351 e. The predicted octanol–water partition coefficient (Wildman–Crippen LogP) is 3.62. The van der Waals surface area contributed by atoms with E-state index < -0.39 is 11.9 Å². The van der Waals surface area contributed by atoms with E-state index in [1.54, 1.807) is 24.7 Å². The minimum absolute atomic E-state index is 0.207. The molecule has 5 rings (SSSR count). The number of hydrogen-bond acceptors (Lipinski definition) is 4. The van der Waals surface area contributed by atoms with Crippen LogP contribution in [-0.2, 0) is 0 Å². The number of hydrogen-bond donors (Lipinski definition) is 2. The van der Waals surface area contributed by atoms with E-state index in [1.807, 2.05) is 6.07 Å². The average molecular weight is 358 g/mol. The topological polar surface area (TPSA) is 70.9 Å². The maximum atomic E-state index is 13.8. The van der Waals surface area contributed by atoms with E-state index in [9.17, 15) is 13.2 Å². The Balaban J connectivity index is 1.48. The zero-order valence-corrected chi connectivity index (χ0v) is 13.4. The molecule has 0 unspecified atom stereocenters. The minimum Gasteiger partial charge on any atom is -0.351 e. The van der Waals surface area contributed by atoms with E-state index in [2.05, 4.69) is 25.3 Å². The van der Waals surface area contributed by atoms with Gasteiger partial charge in [0, 0.05) is 54.0 Å². The van der Waals surface area contributed by atoms with Crippen molar-refractivity contribution in [1.82, 2.24) is 24.3 Å². The highest BCUT2D eigenvalue weighted by molar-refractivity contribution is 5.93. The molecule has 1 fully saturated rings. The molecule has 0 aliphatic heterocycles. The van der Waals surface area contributed by atoms with Gasteiger partial charge in [-0.1, -0.05) is 0 Å². The molecular weight excluding hydrogens is 345 g/mol. The van der Waals surface area contributed by atoms with Crippen molar-refractivity contribution in [2.24, 2.45) is 0 Å². The molecule has 1 aliphatic rings. The fourth-order valence-electron chi connectivity index (χ4n) is 3.27. The van der Waals surface area contributed by atoms with Gasteiger partial charge in [0.25, 0.3) is 5.92 Å². The van der Waals surface area contributed by atoms with Gasteiger partial charge in [-0.25, -0.2) is 18.7 Å². The van der Waals surface area contributed by atoms with Gasteiger partial charge in [-0.3, -0.25) is 4.40 Å². The van der Waals surface area contributed by atoms with Gasteiger partial charge in [-0.15, -0.1) is 0 Å². The Kier molecular flexibility index (Phi) is 3.03. The molecule has 0 bridgehead atoms. The molecule has 4 aromatic heterocycles. The Morgan fingerprint density at radius 1 is 1.19 bits per heavy atom. The van der Waals surface area contributed by atoms with Crippen molar-refractivity contribution in [2.45, 2.75) is 24.8 Å². The van der Waals surface area contributed by atoms with Crippen LogP contribution in [0.25, 0.3) is 27.8 Å². The number of fused-ring (bicyclic) bond motifs is 2. The van der Waals surface area contributed by atoms with Crippen LogP contribution in [0.4, 0.5) is 19.1 Å². The molecule has 26 heavy (non-hydrogen) atoms. The Morgan fingerprint density at radius 2 is 2.04 bits per heavy atom. The van der Waals surface area contributed by atoms with Crippen LogP contribution in [0.1, 0.15) is 12.8 Å². The molecule has 0 spiro atoms. The summed E-state index contributed by atoms with van der Waals surface area (Å²) >= 11 is 0. The van der Waals surface area contributed by atoms with Crippen molar-refractivity contribution < 1.29 is 13.2 Å². The number of H-pyrrole nitrogens is 1. The Hall–Kier alpha value is -3.10. The summed E-state index contributed by atoms with van der Waals surface area (Å²) in [5.41, 5.74) is 2.70. The van der Waals surface area contributed by atoms with Gasteiger partial charge < -0.3 is 10.3 Å². The highest BCUT2D eigenvalue weighted by Gasteiger charge is 2.45. The van der Waals surface area contributed by atoms with Crippen molar-refractivity contribution in [3.63, 3.8) is 0 Å². The van der Waals surface area contributed by atoms with Gasteiger partial charge in [-0.05, 0) is 12.1 Å². The number of alkyl halides is 2. The summed E-state index contributed by atoms with van der Waals surface area (Å²) < 4.78 is 41.0. The molecule has 1 aliphatic carbocycles. The summed E-state index contributed by atoms with van der Waals surface area (Å²) in [5.74, 6) is -2.73. The van der Waals surface area contributed by atoms with E-state index in [0.717, 1.165) is 16.5 Å². The first-order valence-electron chi connectivity index (χ1n) is 8.10. The minimum atomic E-state index is -2.59. The fourth-order valence-corrected chi connectivity index (χ4v) is 3.27. The van der Waals surface area contributed by atoms with E-state index in [0.29, 0.717) is 17.2 Å². The molecule has 0 atom stereocenters. The van der Waals surface area contributed by atoms with Crippen LogP contribution in [0.5, 0.6) is 0 Å². The zero-order valence-electron chi connectivity index (χ0n) is 13.4. The van der Waals surface area contributed by atoms with E-state index in [-0.39, 0.29) is 18.9 Å². The number of anilines is 1. The van der Waals surface area contributed by atoms with Gasteiger partial charge in [0.1, 0.15) is 11.3 Å². The molecular formula is C17H13F3N6. The van der Waals surface area contributed by atoms with E-state index in [4.69, 9.17) is 0 Å². The summed E-state index contributed by atoms with van der Waals surface area (Å²) in [6, 6.07) is 3.25. The lowest BCUT2D eigenvalue weighted by Crippen LogP contribution is -2.44. The summed E-state index contributed by atoms with van der Waals surface area (Å²) in [5, 5.41) is 3.68. The van der Waals surface area contributed by atoms with Crippen LogP contribution < -0.4 is 5.32 Å². The molecule has 0 radical (unpaired) electrons. The third-order valence-corrected chi connectivity index (χ3v) is 4.63. The number of pyridine rings is 1. The molecule has 2 N–H and O–H groups in total. The van der Waals surface area contributed by atoms with E-state index in [1.165, 1.54) is 10.6 Å². The van der Waals surface area contributed by atoms with Crippen LogP contribution in [0.3, 0.4) is 0 Å². The molecule has 4 aromatic rings. The quantitative estimate of drug-likeness (QED) is 0.587. The number of halogens is 3. The maximum Gasteiger partial charge on any atom is 0.252 e. The molecule has 132 valence electrons. The summed E-state index contributed by atoms with van der Waals surface area (Å²) in [6.07, 6.45) is 5.79. The van der Waals surface area contributed by atoms with Gasteiger partial charge in [0.05, 0.1) is 6.20 Å². The smallest absolute Gasteiger partial charge is 0.252 e. The number of aromatic amines is 1. The summed E-state index contributed by atoms with van der Waals surface area (Å²) in [7, 11) is 0. The van der Waals surface area contributed by atoms with Crippen LogP contribution in [0.2, 0.25) is 0 Å². The average Bonchev–Trinajstić information content (AvgIpc) is 3.16. The lowest BCUT2D eigenvalue weighted by atomic mass is 9.88. The highest BCUT2D eigenvalue weighted by Crippen LogP contribution is 2.38. The van der Waals surface area contributed by atoms with Gasteiger partial charge in [0.15, 0.2) is 0 Å². The second-order valence-corrected chi connectivity index (χ2v) is 6.49. The third-order valence-electron chi connectivity index (χ3n) is 4.63. The van der Waals surface area contributed by atoms with Crippen LogP contribution in [0.15, 0.2) is 36.9 Å². The maximum absolute atomic E-state index is 13.8. The van der Waals surface area contributed by atoms with Crippen molar-refractivity contribution in [3.8, 4) is 11.1 Å². The third kappa shape index (κ3) is 2.39. The normalized spacial score (nSPS) is 16.9. The van der Waals surface area contributed by atoms with Crippen LogP contribution in [0, 0.1) is 5.95 Å². The van der Waals surface area contributed by atoms with Crippen molar-refractivity contribution in [3.05, 3.63) is 42.9 Å². The monoisotopic (exact) mass is 358 g/mol. The molecule has 1 saturated carbocycles. The SMILES string of the molecule is Fc1cnc2ccc(-c3c[nH]c4nc(NC5CC(F)(F)C5)ncc34)cn12. The number of rotatable bonds is 3. The van der Waals surface area contributed by atoms with Crippen molar-refractivity contribution in [1.29, 1.82) is 0 Å². The molecule has 0 aromatic carbocycles. The molecule has 4 heterocycles. The molecule has 6 nitrogen and oxygen atoms in total. The lowest BCUT2D eigenvalue weighted by molar-refractivity contribution is -0.0794. The fraction of sp³-hybridized carbons (Fsp3) is 0.235. The first-order valence-corrected chi connectivity index (χ1v) is 8.10. The molecule has 0 saturated heterocycles. The second kappa shape index (κ2) is 5.20. The first kappa shape index (κ1) is 15.2. The Bertz CT molecular complexity index is 1120. The Labute approximate surface area is 145 Å². The zero-order chi connectivity index (χ0) is 17.9. The first-order chi connectivity index (χ1) is 12.5. The summed E-state index contributed by atoms with van der Waals surface area (Å²) in [4.78, 5) is 15.6. The highest BCUT2D eigenvalue weighted by atomic mass is 19.3. The second-order valence-electron chi connectivity index (χ2n) is 6.49. The number of nitrogens with one attached hydrogen (secondary N) is 2. The number of aromatic nitrogens is 5. The van der Waals surface area contributed by atoms with Gasteiger partial charge in [-0.2, -0.15) is 9.37 Å². The molecule has 9 heteroatoms. The number of nitrogens with zero attached hydrogens (tertiary/aromatic N) is 4. The lowest BCUT2D eigenvalue weighted by Gasteiger charge is -2.35. The van der Waals surface area contributed by atoms with Crippen LogP contribution >= 0.6 is 0 Å². The van der Waals surface area contributed by atoms with Gasteiger partial charge >= 0.3 is 0 Å². The summed E-state index contributed by atoms with van der Waals surface area (Å²) in [6.45, 7) is 0. The van der Waals surface area contributed by atoms with Crippen LogP contribution in [-0.4, -0.2) is 36.3 Å². The van der Waals surface area contributed by atoms with E-state index >= 15 is 0 Å². The molecule has 0 amide bonds. The standard InChI is InChI=1S/C17H13F3N6/c18-13-7-21-14-2-1-9(8-26(13)14)11-5-22-15-12(11)6-23-16(25-15)24-10-3-17(19,20)4-10/h1-2,5-8,10H,3-4H2,(H2,22,23,24,25). The van der Waals surface area contributed by atoms with Crippen molar-refractivity contribution >= 4 is 22.6 Å². The Morgan fingerprint density at radius 3 is 2.85 bits per heavy atom.